The molecule has 0 aliphatic carbocycles. The zero-order valence-corrected chi connectivity index (χ0v) is 9.78. The van der Waals surface area contributed by atoms with Gasteiger partial charge in [0, 0.05) is 5.92 Å². The van der Waals surface area contributed by atoms with Gasteiger partial charge in [-0.05, 0) is 17.2 Å². The van der Waals surface area contributed by atoms with Crippen LogP contribution in [0.2, 0.25) is 0 Å². The Bertz CT molecular complexity index is 433. The minimum absolute atomic E-state index is 0.100. The third-order valence-corrected chi connectivity index (χ3v) is 2.63. The highest BCUT2D eigenvalue weighted by molar-refractivity contribution is 5.89. The Labute approximate surface area is 105 Å². The summed E-state index contributed by atoms with van der Waals surface area (Å²) in [6.07, 6.45) is 1.49. The molecular weight excluding hydrogens is 236 g/mol. The summed E-state index contributed by atoms with van der Waals surface area (Å²) in [5.41, 5.74) is 0.893. The number of carboxylic acids is 1. The van der Waals surface area contributed by atoms with Crippen molar-refractivity contribution < 1.29 is 25.2 Å². The molecule has 0 heterocycles. The molecule has 1 aromatic carbocycles. The summed E-state index contributed by atoms with van der Waals surface area (Å²) < 4.78 is 0. The number of carboxylic acid groups (broad SMARTS) is 1. The van der Waals surface area contributed by atoms with Crippen molar-refractivity contribution in [3.63, 3.8) is 0 Å². The Morgan fingerprint density at radius 3 is 2.28 bits per heavy atom. The van der Waals surface area contributed by atoms with E-state index in [2.05, 4.69) is 0 Å². The lowest BCUT2D eigenvalue weighted by atomic mass is 9.93. The summed E-state index contributed by atoms with van der Waals surface area (Å²) in [5.74, 6) is -1.64. The Hall–Kier alpha value is -1.69. The lowest BCUT2D eigenvalue weighted by Crippen LogP contribution is -2.10. The molecule has 98 valence electrons. The molecule has 0 saturated heterocycles. The summed E-state index contributed by atoms with van der Waals surface area (Å²) in [6.45, 7) is -0.960. The highest BCUT2D eigenvalue weighted by atomic mass is 16.4. The number of aromatic carboxylic acids is 1. The van der Waals surface area contributed by atoms with Gasteiger partial charge >= 0.3 is 5.97 Å². The van der Waals surface area contributed by atoms with Crippen LogP contribution in [-0.2, 0) is 0 Å². The molecule has 0 aliphatic heterocycles. The SMILES string of the molecule is O=C(O)c1ccccc1C(C=C(CO)CO)CO. The Morgan fingerprint density at radius 2 is 1.78 bits per heavy atom. The van der Waals surface area contributed by atoms with Gasteiger partial charge in [0.15, 0.2) is 0 Å². The number of hydrogen-bond acceptors (Lipinski definition) is 4. The van der Waals surface area contributed by atoms with Gasteiger partial charge in [0.2, 0.25) is 0 Å². The summed E-state index contributed by atoms with van der Waals surface area (Å²) in [4.78, 5) is 11.1. The van der Waals surface area contributed by atoms with Gasteiger partial charge in [-0.15, -0.1) is 0 Å². The molecule has 18 heavy (non-hydrogen) atoms. The molecule has 4 N–H and O–H groups in total. The molecule has 1 rings (SSSR count). The van der Waals surface area contributed by atoms with Crippen molar-refractivity contribution in [1.82, 2.24) is 0 Å². The number of benzene rings is 1. The summed E-state index contributed by atoms with van der Waals surface area (Å²) in [6, 6.07) is 6.33. The topological polar surface area (TPSA) is 98.0 Å². The maximum atomic E-state index is 11.1. The lowest BCUT2D eigenvalue weighted by molar-refractivity contribution is 0.0695. The van der Waals surface area contributed by atoms with Crippen molar-refractivity contribution in [3.8, 4) is 0 Å². The van der Waals surface area contributed by atoms with Gasteiger partial charge in [-0.3, -0.25) is 0 Å². The molecule has 0 spiro atoms. The van der Waals surface area contributed by atoms with E-state index in [4.69, 9.17) is 15.3 Å². The molecule has 5 nitrogen and oxygen atoms in total. The second kappa shape index (κ2) is 6.90. The van der Waals surface area contributed by atoms with Crippen molar-refractivity contribution in [2.45, 2.75) is 5.92 Å². The van der Waals surface area contributed by atoms with Crippen LogP contribution in [0, 0.1) is 0 Å². The molecule has 0 saturated carbocycles. The number of hydrogen-bond donors (Lipinski definition) is 4. The minimum atomic E-state index is -1.08. The Kier molecular flexibility index (Phi) is 5.51. The quantitative estimate of drug-likeness (QED) is 0.548. The largest absolute Gasteiger partial charge is 0.478 e. The Balaban J connectivity index is 3.17. The van der Waals surface area contributed by atoms with Crippen LogP contribution in [-0.4, -0.2) is 46.2 Å². The first-order chi connectivity index (χ1) is 8.63. The Morgan fingerprint density at radius 1 is 1.17 bits per heavy atom. The van der Waals surface area contributed by atoms with Crippen LogP contribution in [0.25, 0.3) is 0 Å². The zero-order chi connectivity index (χ0) is 13.5. The van der Waals surface area contributed by atoms with Crippen LogP contribution in [0.3, 0.4) is 0 Å². The minimum Gasteiger partial charge on any atom is -0.478 e. The van der Waals surface area contributed by atoms with Crippen LogP contribution >= 0.6 is 0 Å². The van der Waals surface area contributed by atoms with E-state index in [0.29, 0.717) is 11.1 Å². The van der Waals surface area contributed by atoms with E-state index in [1.165, 1.54) is 12.1 Å². The van der Waals surface area contributed by atoms with Crippen LogP contribution in [0.15, 0.2) is 35.9 Å². The van der Waals surface area contributed by atoms with Gasteiger partial charge in [-0.2, -0.15) is 0 Å². The first-order valence-electron chi connectivity index (χ1n) is 5.48. The smallest absolute Gasteiger partial charge is 0.335 e. The molecule has 0 fully saturated rings. The van der Waals surface area contributed by atoms with E-state index < -0.39 is 11.9 Å². The standard InChI is InChI=1S/C13H16O5/c14-6-9(7-15)5-10(8-16)11-3-1-2-4-12(11)13(17)18/h1-5,10,14-16H,6-8H2,(H,17,18). The molecule has 1 aromatic rings. The van der Waals surface area contributed by atoms with Gasteiger partial charge in [0.25, 0.3) is 0 Å². The molecule has 0 amide bonds. The highest BCUT2D eigenvalue weighted by Gasteiger charge is 2.16. The summed E-state index contributed by atoms with van der Waals surface area (Å²) in [7, 11) is 0. The normalized spacial score (nSPS) is 11.9. The first kappa shape index (κ1) is 14.4. The third-order valence-electron chi connectivity index (χ3n) is 2.63. The van der Waals surface area contributed by atoms with Crippen molar-refractivity contribution in [2.24, 2.45) is 0 Å². The second-order valence-electron chi connectivity index (χ2n) is 3.82. The molecule has 5 heteroatoms. The fourth-order valence-electron chi connectivity index (χ4n) is 1.70. The highest BCUT2D eigenvalue weighted by Crippen LogP contribution is 2.22. The molecule has 0 bridgehead atoms. The van der Waals surface area contributed by atoms with Crippen LogP contribution < -0.4 is 0 Å². The third kappa shape index (κ3) is 3.40. The van der Waals surface area contributed by atoms with Crippen LogP contribution in [0.5, 0.6) is 0 Å². The van der Waals surface area contributed by atoms with Crippen molar-refractivity contribution in [3.05, 3.63) is 47.0 Å². The molecule has 0 radical (unpaired) electrons. The predicted molar refractivity (Wildman–Crippen MR) is 65.5 cm³/mol. The van der Waals surface area contributed by atoms with E-state index in [1.54, 1.807) is 18.2 Å². The maximum Gasteiger partial charge on any atom is 0.335 e. The fraction of sp³-hybridized carbons (Fsp3) is 0.308. The molecular formula is C13H16O5. The van der Waals surface area contributed by atoms with Gasteiger partial charge < -0.3 is 20.4 Å². The van der Waals surface area contributed by atoms with Crippen LogP contribution in [0.1, 0.15) is 21.8 Å². The van der Waals surface area contributed by atoms with E-state index >= 15 is 0 Å². The summed E-state index contributed by atoms with van der Waals surface area (Å²) in [5, 5.41) is 36.3. The second-order valence-corrected chi connectivity index (χ2v) is 3.82. The van der Waals surface area contributed by atoms with E-state index in [1.807, 2.05) is 0 Å². The van der Waals surface area contributed by atoms with Crippen molar-refractivity contribution in [1.29, 1.82) is 0 Å². The average Bonchev–Trinajstić information content (AvgIpc) is 2.40. The number of aliphatic hydroxyl groups is 3. The molecule has 0 aromatic heterocycles. The number of rotatable bonds is 6. The monoisotopic (exact) mass is 252 g/mol. The van der Waals surface area contributed by atoms with Crippen molar-refractivity contribution >= 4 is 5.97 Å². The van der Waals surface area contributed by atoms with Gasteiger partial charge in [-0.25, -0.2) is 4.79 Å². The van der Waals surface area contributed by atoms with E-state index in [0.717, 1.165) is 0 Å². The van der Waals surface area contributed by atoms with Crippen LogP contribution in [0.4, 0.5) is 0 Å². The zero-order valence-electron chi connectivity index (χ0n) is 9.78. The predicted octanol–water partition coefficient (Wildman–Crippen LogP) is 0.372. The summed E-state index contributed by atoms with van der Waals surface area (Å²) >= 11 is 0. The van der Waals surface area contributed by atoms with E-state index in [9.17, 15) is 9.90 Å². The van der Waals surface area contributed by atoms with Gasteiger partial charge in [0.05, 0.1) is 25.4 Å². The fourth-order valence-corrected chi connectivity index (χ4v) is 1.70. The number of aliphatic hydroxyl groups excluding tert-OH is 3. The average molecular weight is 252 g/mol. The molecule has 0 aliphatic rings. The number of carbonyl (C=O) groups is 1. The van der Waals surface area contributed by atoms with Gasteiger partial charge in [-0.1, -0.05) is 24.3 Å². The molecule has 1 atom stereocenters. The molecule has 1 unspecified atom stereocenters. The van der Waals surface area contributed by atoms with Gasteiger partial charge in [0.1, 0.15) is 0 Å². The van der Waals surface area contributed by atoms with E-state index in [-0.39, 0.29) is 25.4 Å². The lowest BCUT2D eigenvalue weighted by Gasteiger charge is -2.14. The maximum absolute atomic E-state index is 11.1. The van der Waals surface area contributed by atoms with Crippen molar-refractivity contribution in [2.75, 3.05) is 19.8 Å². The first-order valence-corrected chi connectivity index (χ1v) is 5.48.